The van der Waals surface area contributed by atoms with Crippen molar-refractivity contribution in [2.45, 2.75) is 26.1 Å². The Morgan fingerprint density at radius 1 is 0.714 bits per heavy atom. The van der Waals surface area contributed by atoms with E-state index in [1.807, 2.05) is 74.5 Å². The molecule has 2 aromatic rings. The number of ether oxygens (including phenoxy) is 1. The van der Waals surface area contributed by atoms with Crippen LogP contribution in [-0.4, -0.2) is 5.78 Å². The summed E-state index contributed by atoms with van der Waals surface area (Å²) in [5.74, 6) is 0.0636. The Kier molecular flexibility index (Phi) is 3.89. The van der Waals surface area contributed by atoms with Gasteiger partial charge < -0.3 is 4.74 Å². The molecule has 0 spiro atoms. The van der Waals surface area contributed by atoms with Gasteiger partial charge in [-0.25, -0.2) is 0 Å². The quantitative estimate of drug-likeness (QED) is 0.818. The largest absolute Gasteiger partial charge is 0.364 e. The molecule has 2 nitrogen and oxygen atoms in total. The SMILES string of the molecule is C[C@@H]1C(=O)[C@@H](C)[C@H](c2ccccc2)O[C@@H]1c1ccccc1. The van der Waals surface area contributed by atoms with E-state index in [0.29, 0.717) is 0 Å². The fourth-order valence-electron chi connectivity index (χ4n) is 3.13. The Balaban J connectivity index is 1.95. The third-order valence-corrected chi connectivity index (χ3v) is 4.36. The normalized spacial score (nSPS) is 29.3. The number of carbonyl (C=O) groups is 1. The molecule has 0 saturated carbocycles. The zero-order valence-corrected chi connectivity index (χ0v) is 12.4. The molecule has 4 atom stereocenters. The molecule has 0 aliphatic carbocycles. The molecule has 0 N–H and O–H groups in total. The summed E-state index contributed by atoms with van der Waals surface area (Å²) in [6.07, 6.45) is -0.333. The van der Waals surface area contributed by atoms with E-state index in [1.54, 1.807) is 0 Å². The van der Waals surface area contributed by atoms with Crippen LogP contribution >= 0.6 is 0 Å². The van der Waals surface area contributed by atoms with E-state index >= 15 is 0 Å². The van der Waals surface area contributed by atoms with Crippen molar-refractivity contribution in [1.29, 1.82) is 0 Å². The van der Waals surface area contributed by atoms with Crippen LogP contribution in [0, 0.1) is 11.8 Å². The second kappa shape index (κ2) is 5.82. The molecule has 2 aromatic carbocycles. The maximum atomic E-state index is 12.6. The Labute approximate surface area is 125 Å². The highest BCUT2D eigenvalue weighted by Crippen LogP contribution is 2.43. The van der Waals surface area contributed by atoms with Crippen molar-refractivity contribution in [2.75, 3.05) is 0 Å². The minimum absolute atomic E-state index is 0.109. The molecule has 1 aliphatic heterocycles. The first-order valence-corrected chi connectivity index (χ1v) is 7.47. The summed E-state index contributed by atoms with van der Waals surface area (Å²) in [4.78, 5) is 12.6. The van der Waals surface area contributed by atoms with Crippen LogP contribution in [0.3, 0.4) is 0 Å². The standard InChI is InChI=1S/C19H20O2/c1-13-17(20)14(2)19(16-11-7-4-8-12-16)21-18(13)15-9-5-3-6-10-15/h3-14,18-19H,1-2H3/t13-,14-,18-,19+/m1/s1. The molecule has 1 aliphatic rings. The zero-order chi connectivity index (χ0) is 14.8. The van der Waals surface area contributed by atoms with E-state index < -0.39 is 0 Å². The lowest BCUT2D eigenvalue weighted by Crippen LogP contribution is -2.37. The van der Waals surface area contributed by atoms with Crippen LogP contribution in [0.5, 0.6) is 0 Å². The highest BCUT2D eigenvalue weighted by Gasteiger charge is 2.41. The smallest absolute Gasteiger partial charge is 0.144 e. The van der Waals surface area contributed by atoms with Crippen LogP contribution in [0.4, 0.5) is 0 Å². The molecule has 0 aromatic heterocycles. The minimum atomic E-state index is -0.167. The molecule has 2 heteroatoms. The molecule has 0 radical (unpaired) electrons. The third kappa shape index (κ3) is 2.64. The van der Waals surface area contributed by atoms with E-state index in [4.69, 9.17) is 4.74 Å². The van der Waals surface area contributed by atoms with Crippen LogP contribution < -0.4 is 0 Å². The summed E-state index contributed by atoms with van der Waals surface area (Å²) >= 11 is 0. The van der Waals surface area contributed by atoms with Crippen molar-refractivity contribution in [3.63, 3.8) is 0 Å². The molecule has 0 unspecified atom stereocenters. The van der Waals surface area contributed by atoms with Gasteiger partial charge in [-0.1, -0.05) is 74.5 Å². The Morgan fingerprint density at radius 2 is 1.10 bits per heavy atom. The first kappa shape index (κ1) is 14.0. The molecule has 0 bridgehead atoms. The lowest BCUT2D eigenvalue weighted by atomic mass is 9.80. The lowest BCUT2D eigenvalue weighted by Gasteiger charge is -2.38. The van der Waals surface area contributed by atoms with Crippen LogP contribution in [-0.2, 0) is 9.53 Å². The number of rotatable bonds is 2. The van der Waals surface area contributed by atoms with Gasteiger partial charge in [0.1, 0.15) is 5.78 Å². The second-order valence-electron chi connectivity index (χ2n) is 5.78. The minimum Gasteiger partial charge on any atom is -0.364 e. The van der Waals surface area contributed by atoms with Crippen LogP contribution in [0.25, 0.3) is 0 Å². The van der Waals surface area contributed by atoms with Crippen molar-refractivity contribution < 1.29 is 9.53 Å². The van der Waals surface area contributed by atoms with Gasteiger partial charge in [-0.15, -0.1) is 0 Å². The van der Waals surface area contributed by atoms with Crippen molar-refractivity contribution in [3.05, 3.63) is 71.8 Å². The van der Waals surface area contributed by atoms with Gasteiger partial charge in [0.15, 0.2) is 0 Å². The lowest BCUT2D eigenvalue weighted by molar-refractivity contribution is -0.157. The highest BCUT2D eigenvalue weighted by molar-refractivity contribution is 5.85. The Bertz CT molecular complexity index is 552. The second-order valence-corrected chi connectivity index (χ2v) is 5.78. The summed E-state index contributed by atoms with van der Waals surface area (Å²) in [7, 11) is 0. The molecular formula is C19H20O2. The summed E-state index contributed by atoms with van der Waals surface area (Å²) in [6, 6.07) is 20.1. The molecule has 1 heterocycles. The summed E-state index contributed by atoms with van der Waals surface area (Å²) < 4.78 is 6.33. The van der Waals surface area contributed by atoms with Gasteiger partial charge in [0, 0.05) is 11.8 Å². The molecule has 3 rings (SSSR count). The molecular weight excluding hydrogens is 260 g/mol. The topological polar surface area (TPSA) is 26.3 Å². The van der Waals surface area contributed by atoms with Crippen LogP contribution in [0.2, 0.25) is 0 Å². The third-order valence-electron chi connectivity index (χ3n) is 4.36. The van der Waals surface area contributed by atoms with Crippen molar-refractivity contribution in [3.8, 4) is 0 Å². The Morgan fingerprint density at radius 3 is 1.48 bits per heavy atom. The van der Waals surface area contributed by atoms with E-state index in [-0.39, 0.29) is 29.8 Å². The fourth-order valence-corrected chi connectivity index (χ4v) is 3.13. The van der Waals surface area contributed by atoms with Gasteiger partial charge in [-0.05, 0) is 11.1 Å². The van der Waals surface area contributed by atoms with Gasteiger partial charge >= 0.3 is 0 Å². The van der Waals surface area contributed by atoms with Crippen LogP contribution in [0.15, 0.2) is 60.7 Å². The van der Waals surface area contributed by atoms with Gasteiger partial charge in [-0.2, -0.15) is 0 Å². The van der Waals surface area contributed by atoms with E-state index in [9.17, 15) is 4.79 Å². The molecule has 108 valence electrons. The summed E-state index contributed by atoms with van der Waals surface area (Å²) in [5, 5.41) is 0. The van der Waals surface area contributed by atoms with E-state index in [2.05, 4.69) is 0 Å². The van der Waals surface area contributed by atoms with Gasteiger partial charge in [0.2, 0.25) is 0 Å². The number of ketones is 1. The first-order chi connectivity index (χ1) is 10.2. The predicted octanol–water partition coefficient (Wildman–Crippen LogP) is 4.34. The summed E-state index contributed by atoms with van der Waals surface area (Å²) in [5.41, 5.74) is 2.15. The van der Waals surface area contributed by atoms with E-state index in [0.717, 1.165) is 11.1 Å². The molecule has 1 saturated heterocycles. The van der Waals surface area contributed by atoms with Crippen molar-refractivity contribution in [1.82, 2.24) is 0 Å². The number of Topliss-reactive ketones (excluding diaryl/α,β-unsaturated/α-hetero) is 1. The average Bonchev–Trinajstić information content (AvgIpc) is 2.55. The number of hydrogen-bond acceptors (Lipinski definition) is 2. The fraction of sp³-hybridized carbons (Fsp3) is 0.316. The first-order valence-electron chi connectivity index (χ1n) is 7.47. The number of carbonyl (C=O) groups excluding carboxylic acids is 1. The van der Waals surface area contributed by atoms with Crippen LogP contribution in [0.1, 0.15) is 37.2 Å². The summed E-state index contributed by atoms with van der Waals surface area (Å²) in [6.45, 7) is 3.94. The van der Waals surface area contributed by atoms with Gasteiger partial charge in [0.25, 0.3) is 0 Å². The molecule has 21 heavy (non-hydrogen) atoms. The monoisotopic (exact) mass is 280 g/mol. The van der Waals surface area contributed by atoms with Crippen molar-refractivity contribution in [2.24, 2.45) is 11.8 Å². The van der Waals surface area contributed by atoms with Gasteiger partial charge in [0.05, 0.1) is 12.2 Å². The zero-order valence-electron chi connectivity index (χ0n) is 12.4. The number of hydrogen-bond donors (Lipinski definition) is 0. The maximum absolute atomic E-state index is 12.6. The average molecular weight is 280 g/mol. The predicted molar refractivity (Wildman–Crippen MR) is 82.8 cm³/mol. The van der Waals surface area contributed by atoms with E-state index in [1.165, 1.54) is 0 Å². The Hall–Kier alpha value is -1.93. The highest BCUT2D eigenvalue weighted by atomic mass is 16.5. The number of benzene rings is 2. The molecule has 1 fully saturated rings. The van der Waals surface area contributed by atoms with Crippen molar-refractivity contribution >= 4 is 5.78 Å². The maximum Gasteiger partial charge on any atom is 0.144 e. The van der Waals surface area contributed by atoms with Gasteiger partial charge in [-0.3, -0.25) is 4.79 Å². The molecule has 0 amide bonds.